The van der Waals surface area contributed by atoms with Gasteiger partial charge in [0.25, 0.3) is 0 Å². The number of hydrogen-bond donors (Lipinski definition) is 0. The molecule has 88 valence electrons. The van der Waals surface area contributed by atoms with E-state index in [1.54, 1.807) is 0 Å². The van der Waals surface area contributed by atoms with Crippen LogP contribution in [0.1, 0.15) is 27.2 Å². The summed E-state index contributed by atoms with van der Waals surface area (Å²) in [5.41, 5.74) is 0. The van der Waals surface area contributed by atoms with Crippen LogP contribution in [0, 0.1) is 0 Å². The van der Waals surface area contributed by atoms with Crippen molar-refractivity contribution in [2.24, 2.45) is 0 Å². The highest BCUT2D eigenvalue weighted by molar-refractivity contribution is 5.75. The van der Waals surface area contributed by atoms with Crippen LogP contribution in [0.2, 0.25) is 0 Å². The van der Waals surface area contributed by atoms with E-state index >= 15 is 0 Å². The van der Waals surface area contributed by atoms with Crippen molar-refractivity contribution in [3.05, 3.63) is 0 Å². The van der Waals surface area contributed by atoms with Crippen molar-refractivity contribution >= 4 is 5.97 Å². The molecule has 0 radical (unpaired) electrons. The van der Waals surface area contributed by atoms with Gasteiger partial charge in [0.15, 0.2) is 0 Å². The average molecular weight is 215 g/mol. The average Bonchev–Trinajstić information content (AvgIpc) is 2.42. The Kier molecular flexibility index (Phi) is 5.05. The lowest BCUT2D eigenvalue weighted by atomic mass is 10.2. The van der Waals surface area contributed by atoms with E-state index in [1.165, 1.54) is 0 Å². The smallest absolute Gasteiger partial charge is 0.323 e. The van der Waals surface area contributed by atoms with Gasteiger partial charge >= 0.3 is 5.97 Å². The van der Waals surface area contributed by atoms with E-state index in [-0.39, 0.29) is 18.1 Å². The maximum atomic E-state index is 11.6. The van der Waals surface area contributed by atoms with E-state index in [1.807, 2.05) is 20.8 Å². The van der Waals surface area contributed by atoms with Crippen molar-refractivity contribution in [1.82, 2.24) is 4.90 Å². The van der Waals surface area contributed by atoms with Crippen molar-refractivity contribution in [2.45, 2.75) is 39.3 Å². The highest BCUT2D eigenvalue weighted by Gasteiger charge is 2.25. The molecule has 0 saturated carbocycles. The SMILES string of the molecule is CCOC(=O)C(C)N1CCCOC(C)C1. The Balaban J connectivity index is 2.49. The number of hydrogen-bond acceptors (Lipinski definition) is 4. The van der Waals surface area contributed by atoms with Gasteiger partial charge in [0, 0.05) is 19.7 Å². The van der Waals surface area contributed by atoms with Gasteiger partial charge in [0.05, 0.1) is 12.7 Å². The summed E-state index contributed by atoms with van der Waals surface area (Å²) in [6.07, 6.45) is 1.18. The third kappa shape index (κ3) is 3.80. The second-order valence-corrected chi connectivity index (χ2v) is 3.96. The molecule has 2 unspecified atom stereocenters. The van der Waals surface area contributed by atoms with Crippen LogP contribution in [0.4, 0.5) is 0 Å². The van der Waals surface area contributed by atoms with E-state index in [0.29, 0.717) is 6.61 Å². The molecule has 0 aromatic carbocycles. The first-order valence-electron chi connectivity index (χ1n) is 5.67. The lowest BCUT2D eigenvalue weighted by Gasteiger charge is -2.26. The van der Waals surface area contributed by atoms with Gasteiger partial charge < -0.3 is 9.47 Å². The Morgan fingerprint density at radius 1 is 1.67 bits per heavy atom. The predicted octanol–water partition coefficient (Wildman–Crippen LogP) is 1.05. The normalized spacial score (nSPS) is 25.7. The molecule has 1 saturated heterocycles. The lowest BCUT2D eigenvalue weighted by molar-refractivity contribution is -0.149. The molecule has 0 bridgehead atoms. The Hall–Kier alpha value is -0.610. The van der Waals surface area contributed by atoms with Gasteiger partial charge in [-0.25, -0.2) is 0 Å². The quantitative estimate of drug-likeness (QED) is 0.660. The molecule has 2 atom stereocenters. The molecule has 4 nitrogen and oxygen atoms in total. The Morgan fingerprint density at radius 2 is 2.40 bits per heavy atom. The molecule has 0 spiro atoms. The van der Waals surface area contributed by atoms with Crippen LogP contribution >= 0.6 is 0 Å². The third-order valence-corrected chi connectivity index (χ3v) is 2.66. The summed E-state index contributed by atoms with van der Waals surface area (Å²) in [7, 11) is 0. The number of nitrogens with zero attached hydrogens (tertiary/aromatic N) is 1. The molecule has 0 aliphatic carbocycles. The summed E-state index contributed by atoms with van der Waals surface area (Å²) in [4.78, 5) is 13.7. The minimum Gasteiger partial charge on any atom is -0.465 e. The summed E-state index contributed by atoms with van der Waals surface area (Å²) < 4.78 is 10.5. The van der Waals surface area contributed by atoms with E-state index in [0.717, 1.165) is 26.1 Å². The molecule has 1 heterocycles. The van der Waals surface area contributed by atoms with Crippen LogP contribution in [0.15, 0.2) is 0 Å². The van der Waals surface area contributed by atoms with Crippen molar-refractivity contribution in [3.8, 4) is 0 Å². The van der Waals surface area contributed by atoms with Gasteiger partial charge in [-0.1, -0.05) is 0 Å². The summed E-state index contributed by atoms with van der Waals surface area (Å²) in [6.45, 7) is 8.71. The van der Waals surface area contributed by atoms with E-state index in [4.69, 9.17) is 9.47 Å². The zero-order valence-electron chi connectivity index (χ0n) is 9.86. The molecule has 15 heavy (non-hydrogen) atoms. The first-order chi connectivity index (χ1) is 7.15. The van der Waals surface area contributed by atoms with Crippen molar-refractivity contribution < 1.29 is 14.3 Å². The van der Waals surface area contributed by atoms with Crippen molar-refractivity contribution in [2.75, 3.05) is 26.3 Å². The van der Waals surface area contributed by atoms with Crippen LogP contribution in [0.3, 0.4) is 0 Å². The first-order valence-corrected chi connectivity index (χ1v) is 5.67. The van der Waals surface area contributed by atoms with Crippen LogP contribution < -0.4 is 0 Å². The van der Waals surface area contributed by atoms with Gasteiger partial charge in [-0.2, -0.15) is 0 Å². The highest BCUT2D eigenvalue weighted by Crippen LogP contribution is 2.10. The molecule has 1 rings (SSSR count). The third-order valence-electron chi connectivity index (χ3n) is 2.66. The molecule has 0 aromatic heterocycles. The van der Waals surface area contributed by atoms with Crippen LogP contribution in [0.5, 0.6) is 0 Å². The molecule has 1 aliphatic rings. The van der Waals surface area contributed by atoms with Crippen LogP contribution in [-0.4, -0.2) is 49.3 Å². The predicted molar refractivity (Wildman–Crippen MR) is 57.7 cm³/mol. The molecule has 0 N–H and O–H groups in total. The topological polar surface area (TPSA) is 38.8 Å². The maximum Gasteiger partial charge on any atom is 0.323 e. The van der Waals surface area contributed by atoms with Gasteiger partial charge in [-0.05, 0) is 27.2 Å². The standard InChI is InChI=1S/C11H21NO3/c1-4-14-11(13)10(3)12-6-5-7-15-9(2)8-12/h9-10H,4-8H2,1-3H3. The summed E-state index contributed by atoms with van der Waals surface area (Å²) in [5, 5.41) is 0. The molecule has 1 fully saturated rings. The minimum absolute atomic E-state index is 0.133. The Bertz CT molecular complexity index is 208. The highest BCUT2D eigenvalue weighted by atomic mass is 16.5. The molecule has 1 aliphatic heterocycles. The van der Waals surface area contributed by atoms with Crippen LogP contribution in [0.25, 0.3) is 0 Å². The van der Waals surface area contributed by atoms with E-state index in [2.05, 4.69) is 4.90 Å². The molecular formula is C11H21NO3. The number of carbonyl (C=O) groups excluding carboxylic acids is 1. The monoisotopic (exact) mass is 215 g/mol. The van der Waals surface area contributed by atoms with Gasteiger partial charge in [0.2, 0.25) is 0 Å². The lowest BCUT2D eigenvalue weighted by Crippen LogP contribution is -2.43. The molecule has 0 amide bonds. The number of esters is 1. The summed E-state index contributed by atoms with van der Waals surface area (Å²) >= 11 is 0. The second-order valence-electron chi connectivity index (χ2n) is 3.96. The number of ether oxygens (including phenoxy) is 2. The van der Waals surface area contributed by atoms with Gasteiger partial charge in [0.1, 0.15) is 6.04 Å². The number of carbonyl (C=O) groups is 1. The molecule has 4 heteroatoms. The zero-order chi connectivity index (χ0) is 11.3. The summed E-state index contributed by atoms with van der Waals surface area (Å²) in [6, 6.07) is -0.158. The Morgan fingerprint density at radius 3 is 3.07 bits per heavy atom. The van der Waals surface area contributed by atoms with Gasteiger partial charge in [-0.15, -0.1) is 0 Å². The van der Waals surface area contributed by atoms with E-state index in [9.17, 15) is 4.79 Å². The maximum absolute atomic E-state index is 11.6. The molecule has 0 aromatic rings. The summed E-state index contributed by atoms with van der Waals surface area (Å²) in [5.74, 6) is -0.133. The number of rotatable bonds is 3. The second kappa shape index (κ2) is 6.08. The first kappa shape index (κ1) is 12.5. The molecular weight excluding hydrogens is 194 g/mol. The van der Waals surface area contributed by atoms with E-state index < -0.39 is 0 Å². The minimum atomic E-state index is -0.158. The zero-order valence-corrected chi connectivity index (χ0v) is 9.86. The largest absolute Gasteiger partial charge is 0.465 e. The van der Waals surface area contributed by atoms with Crippen molar-refractivity contribution in [3.63, 3.8) is 0 Å². The van der Waals surface area contributed by atoms with Gasteiger partial charge in [-0.3, -0.25) is 9.69 Å². The van der Waals surface area contributed by atoms with Crippen molar-refractivity contribution in [1.29, 1.82) is 0 Å². The Labute approximate surface area is 91.5 Å². The fraction of sp³-hybridized carbons (Fsp3) is 0.909. The van der Waals surface area contributed by atoms with Crippen LogP contribution in [-0.2, 0) is 14.3 Å². The fourth-order valence-electron chi connectivity index (χ4n) is 1.79. The fourth-order valence-corrected chi connectivity index (χ4v) is 1.79.